The van der Waals surface area contributed by atoms with Crippen LogP contribution in [0.3, 0.4) is 0 Å². The second-order valence-corrected chi connectivity index (χ2v) is 10.4. The maximum atomic E-state index is 12.1. The number of rotatable bonds is 5. The van der Waals surface area contributed by atoms with Crippen molar-refractivity contribution in [2.75, 3.05) is 46.5 Å². The monoisotopic (exact) mass is 346 g/mol. The van der Waals surface area contributed by atoms with Gasteiger partial charge in [-0.25, -0.2) is 8.42 Å². The molecule has 0 amide bonds. The van der Waals surface area contributed by atoms with E-state index in [4.69, 9.17) is 0 Å². The smallest absolute Gasteiger partial charge is 0.193 e. The minimum Gasteiger partial charge on any atom is -0.355 e. The molecule has 0 radical (unpaired) electrons. The van der Waals surface area contributed by atoms with Gasteiger partial charge in [-0.05, 0) is 40.3 Å². The molecule has 7 heteroatoms. The molecule has 0 aromatic heterocycles. The Kier molecular flexibility index (Phi) is 6.89. The lowest BCUT2D eigenvalue weighted by Crippen LogP contribution is -2.58. The Balaban J connectivity index is 2.71. The van der Waals surface area contributed by atoms with Crippen molar-refractivity contribution in [1.82, 2.24) is 15.1 Å². The molecule has 0 aromatic carbocycles. The third-order valence-electron chi connectivity index (χ3n) is 4.52. The number of hydrogen-bond acceptors (Lipinski definition) is 4. The highest BCUT2D eigenvalue weighted by Crippen LogP contribution is 2.23. The minimum absolute atomic E-state index is 0.184. The van der Waals surface area contributed by atoms with Crippen LogP contribution >= 0.6 is 0 Å². The van der Waals surface area contributed by atoms with Gasteiger partial charge in [0.1, 0.15) is 0 Å². The van der Waals surface area contributed by atoms with Gasteiger partial charge in [-0.3, -0.25) is 4.99 Å². The van der Waals surface area contributed by atoms with Crippen LogP contribution in [-0.4, -0.2) is 81.5 Å². The number of hydrogen-bond donors (Lipinski definition) is 1. The number of likely N-dealkylation sites (N-methyl/N-ethyl adjacent to an activating group) is 1. The van der Waals surface area contributed by atoms with Crippen LogP contribution in [0, 0.1) is 5.92 Å². The Hall–Kier alpha value is -0.820. The van der Waals surface area contributed by atoms with Gasteiger partial charge in [-0.15, -0.1) is 0 Å². The lowest BCUT2D eigenvalue weighted by atomic mass is 10.0. The Bertz CT molecular complexity index is 512. The highest BCUT2D eigenvalue weighted by molar-refractivity contribution is 7.92. The van der Waals surface area contributed by atoms with Crippen molar-refractivity contribution in [1.29, 1.82) is 0 Å². The molecular weight excluding hydrogens is 312 g/mol. The van der Waals surface area contributed by atoms with Gasteiger partial charge in [-0.2, -0.15) is 0 Å². The summed E-state index contributed by atoms with van der Waals surface area (Å²) in [6.07, 6.45) is 1.11. The average Bonchev–Trinajstić information content (AvgIpc) is 2.41. The molecule has 1 N–H and O–H groups in total. The summed E-state index contributed by atoms with van der Waals surface area (Å²) in [6, 6.07) is 0.424. The molecule has 0 bridgehead atoms. The van der Waals surface area contributed by atoms with E-state index in [1.54, 1.807) is 20.9 Å². The van der Waals surface area contributed by atoms with E-state index in [2.05, 4.69) is 48.1 Å². The number of sulfone groups is 1. The minimum atomic E-state index is -3.03. The molecule has 1 fully saturated rings. The van der Waals surface area contributed by atoms with E-state index in [9.17, 15) is 8.42 Å². The zero-order chi connectivity index (χ0) is 17.8. The molecule has 1 saturated heterocycles. The van der Waals surface area contributed by atoms with Crippen molar-refractivity contribution >= 4 is 15.8 Å². The molecule has 0 spiro atoms. The van der Waals surface area contributed by atoms with E-state index in [0.717, 1.165) is 18.9 Å². The zero-order valence-electron chi connectivity index (χ0n) is 15.8. The molecule has 1 aliphatic heterocycles. The fraction of sp³-hybridized carbons (Fsp3) is 0.938. The summed E-state index contributed by atoms with van der Waals surface area (Å²) >= 11 is 0. The molecule has 136 valence electrons. The summed E-state index contributed by atoms with van der Waals surface area (Å²) in [5.74, 6) is 1.61. The number of nitrogens with zero attached hydrogens (tertiary/aromatic N) is 3. The van der Waals surface area contributed by atoms with Gasteiger partial charge < -0.3 is 15.1 Å². The lowest BCUT2D eigenvalue weighted by molar-refractivity contribution is 0.251. The van der Waals surface area contributed by atoms with Gasteiger partial charge in [0.25, 0.3) is 0 Å². The highest BCUT2D eigenvalue weighted by atomic mass is 32.2. The summed E-state index contributed by atoms with van der Waals surface area (Å²) in [7, 11) is 2.91. The first-order valence-corrected chi connectivity index (χ1v) is 9.99. The van der Waals surface area contributed by atoms with Crippen LogP contribution < -0.4 is 5.32 Å². The molecule has 0 aliphatic carbocycles. The molecule has 6 nitrogen and oxygen atoms in total. The van der Waals surface area contributed by atoms with E-state index in [-0.39, 0.29) is 5.75 Å². The summed E-state index contributed by atoms with van der Waals surface area (Å²) in [5, 5.41) is 3.43. The first kappa shape index (κ1) is 20.2. The standard InChI is InChI=1S/C16H34N4O2S/c1-13(2)10-14(19(6)7)11-18-15(17-5)20-8-9-23(21,22)16(3,4)12-20/h13-14H,8-12H2,1-7H3,(H,17,18). The Morgan fingerprint density at radius 3 is 2.39 bits per heavy atom. The van der Waals surface area contributed by atoms with Crippen LogP contribution in [0.4, 0.5) is 0 Å². The van der Waals surface area contributed by atoms with Crippen molar-refractivity contribution < 1.29 is 8.42 Å². The third-order valence-corrected chi connectivity index (χ3v) is 7.06. The third kappa shape index (κ3) is 5.35. The quantitative estimate of drug-likeness (QED) is 0.595. The summed E-state index contributed by atoms with van der Waals surface area (Å²) in [6.45, 7) is 9.83. The first-order valence-electron chi connectivity index (χ1n) is 8.34. The topological polar surface area (TPSA) is 65.0 Å². The number of aliphatic imine (C=N–C) groups is 1. The SMILES string of the molecule is CN=C(NCC(CC(C)C)N(C)C)N1CCS(=O)(=O)C(C)(C)C1. The fourth-order valence-corrected chi connectivity index (χ4v) is 4.25. The largest absolute Gasteiger partial charge is 0.355 e. The highest BCUT2D eigenvalue weighted by Gasteiger charge is 2.41. The van der Waals surface area contributed by atoms with Gasteiger partial charge >= 0.3 is 0 Å². The maximum Gasteiger partial charge on any atom is 0.193 e. The van der Waals surface area contributed by atoms with Crippen LogP contribution in [0.15, 0.2) is 4.99 Å². The van der Waals surface area contributed by atoms with Crippen molar-refractivity contribution in [3.63, 3.8) is 0 Å². The summed E-state index contributed by atoms with van der Waals surface area (Å²) < 4.78 is 23.6. The van der Waals surface area contributed by atoms with E-state index in [1.165, 1.54) is 0 Å². The Labute approximate surface area is 142 Å². The molecule has 1 atom stereocenters. The van der Waals surface area contributed by atoms with Gasteiger partial charge in [0, 0.05) is 32.7 Å². The molecule has 1 rings (SSSR count). The lowest BCUT2D eigenvalue weighted by Gasteiger charge is -2.39. The predicted molar refractivity (Wildman–Crippen MR) is 97.7 cm³/mol. The predicted octanol–water partition coefficient (Wildman–Crippen LogP) is 1.05. The average molecular weight is 347 g/mol. The fourth-order valence-electron chi connectivity index (χ4n) is 2.89. The second-order valence-electron chi connectivity index (χ2n) is 7.68. The van der Waals surface area contributed by atoms with Crippen LogP contribution in [0.5, 0.6) is 0 Å². The maximum absolute atomic E-state index is 12.1. The molecule has 1 heterocycles. The van der Waals surface area contributed by atoms with Crippen LogP contribution in [0.25, 0.3) is 0 Å². The van der Waals surface area contributed by atoms with Crippen LogP contribution in [0.1, 0.15) is 34.1 Å². The Morgan fingerprint density at radius 1 is 1.35 bits per heavy atom. The van der Waals surface area contributed by atoms with E-state index in [1.807, 2.05) is 0 Å². The molecule has 0 aromatic rings. The normalized spacial score (nSPS) is 22.5. The molecular formula is C16H34N4O2S. The van der Waals surface area contributed by atoms with Crippen molar-refractivity contribution in [2.24, 2.45) is 10.9 Å². The van der Waals surface area contributed by atoms with Crippen molar-refractivity contribution in [2.45, 2.75) is 44.9 Å². The molecule has 23 heavy (non-hydrogen) atoms. The van der Waals surface area contributed by atoms with Gasteiger partial charge in [0.15, 0.2) is 15.8 Å². The van der Waals surface area contributed by atoms with E-state index in [0.29, 0.717) is 25.0 Å². The molecule has 1 aliphatic rings. The summed E-state index contributed by atoms with van der Waals surface area (Å²) in [4.78, 5) is 8.64. The van der Waals surface area contributed by atoms with Gasteiger partial charge in [-0.1, -0.05) is 13.8 Å². The first-order chi connectivity index (χ1) is 10.5. The van der Waals surface area contributed by atoms with Crippen LogP contribution in [-0.2, 0) is 9.84 Å². The van der Waals surface area contributed by atoms with E-state index >= 15 is 0 Å². The van der Waals surface area contributed by atoms with Crippen molar-refractivity contribution in [3.05, 3.63) is 0 Å². The van der Waals surface area contributed by atoms with Crippen molar-refractivity contribution in [3.8, 4) is 0 Å². The summed E-state index contributed by atoms with van der Waals surface area (Å²) in [5.41, 5.74) is 0. The number of guanidine groups is 1. The van der Waals surface area contributed by atoms with Gasteiger partial charge in [0.2, 0.25) is 0 Å². The van der Waals surface area contributed by atoms with Crippen LogP contribution in [0.2, 0.25) is 0 Å². The van der Waals surface area contributed by atoms with E-state index < -0.39 is 14.6 Å². The van der Waals surface area contributed by atoms with Gasteiger partial charge in [0.05, 0.1) is 10.5 Å². The molecule has 0 saturated carbocycles. The Morgan fingerprint density at radius 2 is 1.96 bits per heavy atom. The zero-order valence-corrected chi connectivity index (χ0v) is 16.6. The molecule has 1 unspecified atom stereocenters. The number of nitrogens with one attached hydrogen (secondary N) is 1. The second kappa shape index (κ2) is 7.83.